The van der Waals surface area contributed by atoms with E-state index in [1.807, 2.05) is 0 Å². The Hall–Kier alpha value is -4.37. The molecule has 0 atom stereocenters. The van der Waals surface area contributed by atoms with E-state index in [1.165, 1.54) is 13.8 Å². The topological polar surface area (TPSA) is 216 Å². The zero-order valence-electron chi connectivity index (χ0n) is 21.7. The molecule has 1 N–H and O–H groups in total. The lowest BCUT2D eigenvalue weighted by Gasteiger charge is -2.14. The highest BCUT2D eigenvalue weighted by Gasteiger charge is 2.17. The van der Waals surface area contributed by atoms with Gasteiger partial charge in [0.05, 0.1) is 19.6 Å². The molecule has 1 aromatic rings. The maximum Gasteiger partial charge on any atom is 0.336 e. The number of unbranched alkanes of at least 4 members (excludes halogenated alkanes) is 1. The summed E-state index contributed by atoms with van der Waals surface area (Å²) < 4.78 is 16.5. The molecule has 0 aromatic carbocycles. The molecule has 0 aliphatic heterocycles. The Kier molecular flexibility index (Phi) is 13.8. The molecule has 0 fully saturated rings. The molecule has 1 rings (SSSR count). The molecular formula is C23H31N3O13. The number of ether oxygens (including phenoxy) is 3. The largest absolute Gasteiger partial charge is 0.481 e. The van der Waals surface area contributed by atoms with Gasteiger partial charge >= 0.3 is 40.9 Å². The minimum absolute atomic E-state index is 0.0802. The summed E-state index contributed by atoms with van der Waals surface area (Å²) in [4.78, 5) is 106. The summed E-state index contributed by atoms with van der Waals surface area (Å²) >= 11 is 0. The van der Waals surface area contributed by atoms with E-state index in [9.17, 15) is 43.2 Å². The van der Waals surface area contributed by atoms with Gasteiger partial charge in [0.15, 0.2) is 0 Å². The molecule has 0 bridgehead atoms. The highest BCUT2D eigenvalue weighted by molar-refractivity contribution is 5.94. The smallest absolute Gasteiger partial charge is 0.336 e. The molecule has 0 spiro atoms. The number of carboxylic acid groups (broad SMARTS) is 1. The molecule has 0 aliphatic rings. The van der Waals surface area contributed by atoms with E-state index >= 15 is 0 Å². The van der Waals surface area contributed by atoms with Gasteiger partial charge in [-0.15, -0.1) is 0 Å². The third kappa shape index (κ3) is 12.1. The Bertz CT molecular complexity index is 1180. The van der Waals surface area contributed by atoms with Crippen molar-refractivity contribution in [3.05, 3.63) is 31.5 Å². The van der Waals surface area contributed by atoms with Gasteiger partial charge in [0.25, 0.3) is 0 Å². The van der Waals surface area contributed by atoms with Crippen molar-refractivity contribution in [2.45, 2.75) is 72.0 Å². The summed E-state index contributed by atoms with van der Waals surface area (Å²) in [6.07, 6.45) is -0.695. The Morgan fingerprint density at radius 1 is 0.590 bits per heavy atom. The maximum atomic E-state index is 12.9. The van der Waals surface area contributed by atoms with Gasteiger partial charge in [0, 0.05) is 12.8 Å². The van der Waals surface area contributed by atoms with Crippen LogP contribution in [0, 0.1) is 0 Å². The molecule has 1 heterocycles. The van der Waals surface area contributed by atoms with Crippen LogP contribution in [0.4, 0.5) is 0 Å². The molecule has 0 amide bonds. The maximum absolute atomic E-state index is 12.9. The third-order valence-corrected chi connectivity index (χ3v) is 4.93. The Morgan fingerprint density at radius 2 is 0.923 bits per heavy atom. The molecule has 0 saturated heterocycles. The van der Waals surface area contributed by atoms with Crippen LogP contribution < -0.4 is 17.1 Å². The number of aliphatic carboxylic acids is 1. The number of hydrogen-bond acceptors (Lipinski definition) is 12. The summed E-state index contributed by atoms with van der Waals surface area (Å²) in [6.45, 7) is -0.431. The lowest BCUT2D eigenvalue weighted by molar-refractivity contribution is -0.147. The van der Waals surface area contributed by atoms with Crippen LogP contribution >= 0.6 is 0 Å². The zero-order valence-corrected chi connectivity index (χ0v) is 21.7. The lowest BCUT2D eigenvalue weighted by atomic mass is 10.2. The van der Waals surface area contributed by atoms with Gasteiger partial charge in [0.1, 0.15) is 44.2 Å². The minimum Gasteiger partial charge on any atom is -0.481 e. The number of carboxylic acids is 1. The number of carbonyl (C=O) groups is 6. The average molecular weight is 558 g/mol. The van der Waals surface area contributed by atoms with Crippen LogP contribution in [0.25, 0.3) is 0 Å². The molecule has 0 aliphatic carbocycles. The van der Waals surface area contributed by atoms with Gasteiger partial charge in [-0.3, -0.25) is 28.8 Å². The third-order valence-electron chi connectivity index (χ3n) is 4.93. The van der Waals surface area contributed by atoms with Crippen molar-refractivity contribution in [1.29, 1.82) is 0 Å². The first-order valence-corrected chi connectivity index (χ1v) is 12.0. The van der Waals surface area contributed by atoms with Crippen molar-refractivity contribution >= 4 is 35.4 Å². The second kappa shape index (κ2) is 16.5. The van der Waals surface area contributed by atoms with Gasteiger partial charge in [-0.05, 0) is 26.7 Å². The van der Waals surface area contributed by atoms with E-state index in [2.05, 4.69) is 0 Å². The van der Waals surface area contributed by atoms with Crippen LogP contribution in [0.5, 0.6) is 0 Å². The number of aromatic nitrogens is 3. The highest BCUT2D eigenvalue weighted by Crippen LogP contribution is 2.01. The van der Waals surface area contributed by atoms with Gasteiger partial charge in [-0.1, -0.05) is 0 Å². The summed E-state index contributed by atoms with van der Waals surface area (Å²) in [6, 6.07) is 0. The van der Waals surface area contributed by atoms with Gasteiger partial charge in [-0.2, -0.15) is 0 Å². The monoisotopic (exact) mass is 557 g/mol. The van der Waals surface area contributed by atoms with E-state index in [1.54, 1.807) is 0 Å². The molecule has 1 aromatic heterocycles. The Balaban J connectivity index is 3.05. The van der Waals surface area contributed by atoms with Crippen LogP contribution in [-0.4, -0.2) is 74.1 Å². The first kappa shape index (κ1) is 32.7. The fourth-order valence-electron chi connectivity index (χ4n) is 3.14. The van der Waals surface area contributed by atoms with Crippen molar-refractivity contribution in [2.24, 2.45) is 0 Å². The molecule has 16 nitrogen and oxygen atoms in total. The van der Waals surface area contributed by atoms with E-state index in [0.717, 1.165) is 0 Å². The number of nitrogens with zero attached hydrogens (tertiary/aromatic N) is 3. The van der Waals surface area contributed by atoms with Crippen LogP contribution in [-0.2, 0) is 62.6 Å². The highest BCUT2D eigenvalue weighted by atomic mass is 16.5. The van der Waals surface area contributed by atoms with Crippen molar-refractivity contribution < 1.29 is 48.1 Å². The number of Topliss-reactive ketones (excluding diaryl/α,β-unsaturated/α-hetero) is 2. The Labute approximate surface area is 221 Å². The summed E-state index contributed by atoms with van der Waals surface area (Å²) in [5.74, 6) is -4.35. The van der Waals surface area contributed by atoms with Crippen molar-refractivity contribution in [3.8, 4) is 0 Å². The van der Waals surface area contributed by atoms with Gasteiger partial charge in [0.2, 0.25) is 0 Å². The first-order chi connectivity index (χ1) is 18.3. The molecule has 216 valence electrons. The second-order valence-electron chi connectivity index (χ2n) is 8.32. The fourth-order valence-corrected chi connectivity index (χ4v) is 3.14. The summed E-state index contributed by atoms with van der Waals surface area (Å²) in [7, 11) is 0. The number of esters is 3. The normalized spacial score (nSPS) is 10.5. The predicted octanol–water partition coefficient (Wildman–Crippen LogP) is -1.60. The first-order valence-electron chi connectivity index (χ1n) is 12.0. The van der Waals surface area contributed by atoms with Gasteiger partial charge < -0.3 is 19.3 Å². The molecule has 39 heavy (non-hydrogen) atoms. The van der Waals surface area contributed by atoms with Crippen LogP contribution in [0.15, 0.2) is 14.4 Å². The molecule has 0 radical (unpaired) electrons. The van der Waals surface area contributed by atoms with Crippen molar-refractivity contribution in [1.82, 2.24) is 13.7 Å². The average Bonchev–Trinajstić information content (AvgIpc) is 2.82. The van der Waals surface area contributed by atoms with Crippen LogP contribution in [0.2, 0.25) is 0 Å². The van der Waals surface area contributed by atoms with Crippen LogP contribution in [0.3, 0.4) is 0 Å². The molecular weight excluding hydrogens is 526 g/mol. The molecule has 0 unspecified atom stereocenters. The number of rotatable bonds is 18. The van der Waals surface area contributed by atoms with Gasteiger partial charge in [-0.25, -0.2) is 28.1 Å². The quantitative estimate of drug-likeness (QED) is 0.0932. The number of hydrogen-bond donors (Lipinski definition) is 1. The summed E-state index contributed by atoms with van der Waals surface area (Å²) in [5, 5.41) is 8.61. The standard InChI is InChI=1S/C23H31N3O13/c1-15(27)13-19(32)38-11-8-25-21(34)24(7-10-37-18(31)6-4-3-5-17(29)30)22(35)26(23(25)36)9-12-39-20(33)14-16(2)28/h3-14H2,1-2H3,(H,29,30). The summed E-state index contributed by atoms with van der Waals surface area (Å²) in [5.41, 5.74) is -3.27. The number of ketones is 2. The minimum atomic E-state index is -1.10. The predicted molar refractivity (Wildman–Crippen MR) is 129 cm³/mol. The SMILES string of the molecule is CC(=O)CC(=O)OCCn1c(=O)n(CCOC(=O)CCCCC(=O)O)c(=O)n(CCOC(=O)CC(C)=O)c1=O. The van der Waals surface area contributed by atoms with Crippen molar-refractivity contribution in [3.63, 3.8) is 0 Å². The number of carbonyl (C=O) groups excluding carboxylic acids is 5. The van der Waals surface area contributed by atoms with E-state index in [4.69, 9.17) is 19.3 Å². The molecule has 0 saturated carbocycles. The van der Waals surface area contributed by atoms with E-state index in [0.29, 0.717) is 13.7 Å². The van der Waals surface area contributed by atoms with E-state index in [-0.39, 0.29) is 25.7 Å². The van der Waals surface area contributed by atoms with Crippen LogP contribution in [0.1, 0.15) is 52.4 Å². The second-order valence-corrected chi connectivity index (χ2v) is 8.32. The molecule has 16 heteroatoms. The zero-order chi connectivity index (χ0) is 29.5. The Morgan fingerprint density at radius 3 is 1.26 bits per heavy atom. The fraction of sp³-hybridized carbons (Fsp3) is 0.609. The van der Waals surface area contributed by atoms with Crippen molar-refractivity contribution in [2.75, 3.05) is 19.8 Å². The lowest BCUT2D eigenvalue weighted by Crippen LogP contribution is -2.55. The van der Waals surface area contributed by atoms with E-state index < -0.39 is 105 Å².